The van der Waals surface area contributed by atoms with Gasteiger partial charge in [0, 0.05) is 30.6 Å². The van der Waals surface area contributed by atoms with Gasteiger partial charge in [-0.05, 0) is 31.2 Å². The molecule has 5 heteroatoms. The number of benzene rings is 2. The molecule has 1 N–H and O–H groups in total. The van der Waals surface area contributed by atoms with E-state index in [2.05, 4.69) is 24.4 Å². The number of hydrogen-bond acceptors (Lipinski definition) is 5. The SMILES string of the molecule is COc1cc2c(cc1CNCCOc1ccccc1OC)OC(C)C2. The summed E-state index contributed by atoms with van der Waals surface area (Å²) in [6, 6.07) is 11.8. The minimum absolute atomic E-state index is 0.233. The number of ether oxygens (including phenoxy) is 4. The minimum atomic E-state index is 0.233. The number of hydrogen-bond donors (Lipinski definition) is 1. The van der Waals surface area contributed by atoms with Gasteiger partial charge in [0.1, 0.15) is 24.2 Å². The molecule has 3 rings (SSSR count). The van der Waals surface area contributed by atoms with E-state index in [0.29, 0.717) is 13.2 Å². The van der Waals surface area contributed by atoms with Crippen LogP contribution >= 0.6 is 0 Å². The zero-order valence-corrected chi connectivity index (χ0v) is 15.0. The predicted molar refractivity (Wildman–Crippen MR) is 97.0 cm³/mol. The zero-order chi connectivity index (χ0) is 17.6. The van der Waals surface area contributed by atoms with Gasteiger partial charge in [-0.1, -0.05) is 12.1 Å². The van der Waals surface area contributed by atoms with Gasteiger partial charge in [0.15, 0.2) is 11.5 Å². The first kappa shape index (κ1) is 17.4. The highest BCUT2D eigenvalue weighted by Gasteiger charge is 2.21. The summed E-state index contributed by atoms with van der Waals surface area (Å²) in [6.07, 6.45) is 1.17. The van der Waals surface area contributed by atoms with Gasteiger partial charge in [-0.15, -0.1) is 0 Å². The largest absolute Gasteiger partial charge is 0.496 e. The Hall–Kier alpha value is -2.40. The third-order valence-corrected chi connectivity index (χ3v) is 4.22. The first-order valence-corrected chi connectivity index (χ1v) is 8.54. The molecular weight excluding hydrogens is 318 g/mol. The minimum Gasteiger partial charge on any atom is -0.496 e. The fourth-order valence-corrected chi connectivity index (χ4v) is 3.00. The Morgan fingerprint density at radius 2 is 1.84 bits per heavy atom. The summed E-state index contributed by atoms with van der Waals surface area (Å²) < 4.78 is 22.4. The molecule has 1 atom stereocenters. The first-order chi connectivity index (χ1) is 12.2. The second-order valence-electron chi connectivity index (χ2n) is 6.08. The van der Waals surface area contributed by atoms with E-state index in [-0.39, 0.29) is 6.10 Å². The van der Waals surface area contributed by atoms with Crippen molar-refractivity contribution in [3.05, 3.63) is 47.5 Å². The molecule has 5 nitrogen and oxygen atoms in total. The molecule has 2 aromatic rings. The van der Waals surface area contributed by atoms with Crippen LogP contribution in [0.15, 0.2) is 36.4 Å². The van der Waals surface area contributed by atoms with E-state index >= 15 is 0 Å². The van der Waals surface area contributed by atoms with E-state index in [1.54, 1.807) is 14.2 Å². The number of para-hydroxylation sites is 2. The van der Waals surface area contributed by atoms with Gasteiger partial charge < -0.3 is 24.3 Å². The summed E-state index contributed by atoms with van der Waals surface area (Å²) >= 11 is 0. The van der Waals surface area contributed by atoms with Gasteiger partial charge in [-0.25, -0.2) is 0 Å². The molecule has 134 valence electrons. The molecule has 1 heterocycles. The van der Waals surface area contributed by atoms with E-state index in [4.69, 9.17) is 18.9 Å². The predicted octanol–water partition coefficient (Wildman–Crippen LogP) is 3.20. The maximum Gasteiger partial charge on any atom is 0.161 e. The van der Waals surface area contributed by atoms with Crippen molar-refractivity contribution in [3.63, 3.8) is 0 Å². The number of rotatable bonds is 8. The molecule has 0 fully saturated rings. The van der Waals surface area contributed by atoms with Crippen LogP contribution in [-0.2, 0) is 13.0 Å². The third kappa shape index (κ3) is 4.17. The van der Waals surface area contributed by atoms with Crippen LogP contribution in [0, 0.1) is 0 Å². The number of fused-ring (bicyclic) bond motifs is 1. The van der Waals surface area contributed by atoms with E-state index < -0.39 is 0 Å². The highest BCUT2D eigenvalue weighted by molar-refractivity contribution is 5.48. The Kier molecular flexibility index (Phi) is 5.66. The molecule has 0 saturated heterocycles. The van der Waals surface area contributed by atoms with Gasteiger partial charge in [0.05, 0.1) is 14.2 Å². The lowest BCUT2D eigenvalue weighted by Gasteiger charge is -2.13. The van der Waals surface area contributed by atoms with Crippen LogP contribution in [0.2, 0.25) is 0 Å². The number of nitrogens with one attached hydrogen (secondary N) is 1. The fraction of sp³-hybridized carbons (Fsp3) is 0.400. The Labute approximate surface area is 148 Å². The van der Waals surface area contributed by atoms with Crippen molar-refractivity contribution < 1.29 is 18.9 Å². The molecule has 0 saturated carbocycles. The summed E-state index contributed by atoms with van der Waals surface area (Å²) in [5, 5.41) is 3.39. The second kappa shape index (κ2) is 8.12. The molecule has 1 aliphatic rings. The molecule has 1 aliphatic heterocycles. The second-order valence-corrected chi connectivity index (χ2v) is 6.08. The Bertz CT molecular complexity index is 717. The Morgan fingerprint density at radius 3 is 2.60 bits per heavy atom. The van der Waals surface area contributed by atoms with Gasteiger partial charge in [0.25, 0.3) is 0 Å². The molecule has 0 amide bonds. The Balaban J connectivity index is 1.52. The standard InChI is InChI=1S/C20H25NO4/c1-14-10-15-11-19(23-3)16(12-20(15)25-14)13-21-8-9-24-18-7-5-4-6-17(18)22-2/h4-7,11-12,14,21H,8-10,13H2,1-3H3. The molecule has 0 aromatic heterocycles. The van der Waals surface area contributed by atoms with Crippen molar-refractivity contribution in [2.75, 3.05) is 27.4 Å². The third-order valence-electron chi connectivity index (χ3n) is 4.22. The van der Waals surface area contributed by atoms with E-state index in [0.717, 1.165) is 41.5 Å². The highest BCUT2D eigenvalue weighted by atomic mass is 16.5. The molecule has 0 bridgehead atoms. The molecule has 0 radical (unpaired) electrons. The molecule has 0 aliphatic carbocycles. The van der Waals surface area contributed by atoms with Crippen LogP contribution in [0.5, 0.6) is 23.0 Å². The summed E-state index contributed by atoms with van der Waals surface area (Å²) in [6.45, 7) is 4.06. The molecule has 25 heavy (non-hydrogen) atoms. The lowest BCUT2D eigenvalue weighted by molar-refractivity contribution is 0.254. The summed E-state index contributed by atoms with van der Waals surface area (Å²) in [7, 11) is 3.35. The highest BCUT2D eigenvalue weighted by Crippen LogP contribution is 2.34. The quantitative estimate of drug-likeness (QED) is 0.746. The maximum atomic E-state index is 5.84. The van der Waals surface area contributed by atoms with Crippen LogP contribution < -0.4 is 24.3 Å². The zero-order valence-electron chi connectivity index (χ0n) is 15.0. The summed E-state index contributed by atoms with van der Waals surface area (Å²) in [5.41, 5.74) is 2.31. The van der Waals surface area contributed by atoms with Crippen LogP contribution in [0.3, 0.4) is 0 Å². The van der Waals surface area contributed by atoms with Crippen molar-refractivity contribution in [3.8, 4) is 23.0 Å². The van der Waals surface area contributed by atoms with E-state index in [1.807, 2.05) is 24.3 Å². The first-order valence-electron chi connectivity index (χ1n) is 8.54. The monoisotopic (exact) mass is 343 g/mol. The van der Waals surface area contributed by atoms with E-state index in [1.165, 1.54) is 5.56 Å². The molecule has 1 unspecified atom stereocenters. The average Bonchev–Trinajstić information content (AvgIpc) is 2.99. The van der Waals surface area contributed by atoms with Crippen LogP contribution in [-0.4, -0.2) is 33.5 Å². The normalized spacial score (nSPS) is 15.4. The average molecular weight is 343 g/mol. The fourth-order valence-electron chi connectivity index (χ4n) is 3.00. The van der Waals surface area contributed by atoms with Crippen LogP contribution in [0.1, 0.15) is 18.1 Å². The van der Waals surface area contributed by atoms with Crippen molar-refractivity contribution in [2.24, 2.45) is 0 Å². The van der Waals surface area contributed by atoms with Gasteiger partial charge in [0.2, 0.25) is 0 Å². The van der Waals surface area contributed by atoms with Crippen molar-refractivity contribution >= 4 is 0 Å². The van der Waals surface area contributed by atoms with Crippen molar-refractivity contribution in [2.45, 2.75) is 26.0 Å². The van der Waals surface area contributed by atoms with Crippen LogP contribution in [0.4, 0.5) is 0 Å². The topological polar surface area (TPSA) is 49.0 Å². The van der Waals surface area contributed by atoms with Crippen molar-refractivity contribution in [1.29, 1.82) is 0 Å². The van der Waals surface area contributed by atoms with Gasteiger partial charge in [-0.2, -0.15) is 0 Å². The Morgan fingerprint density at radius 1 is 1.08 bits per heavy atom. The summed E-state index contributed by atoms with van der Waals surface area (Å²) in [4.78, 5) is 0. The number of methoxy groups -OCH3 is 2. The molecule has 2 aromatic carbocycles. The lowest BCUT2D eigenvalue weighted by Crippen LogP contribution is -2.21. The van der Waals surface area contributed by atoms with Gasteiger partial charge >= 0.3 is 0 Å². The van der Waals surface area contributed by atoms with E-state index in [9.17, 15) is 0 Å². The van der Waals surface area contributed by atoms with Crippen LogP contribution in [0.25, 0.3) is 0 Å². The summed E-state index contributed by atoms with van der Waals surface area (Å²) in [5.74, 6) is 3.36. The molecular formula is C20H25NO4. The maximum absolute atomic E-state index is 5.84. The molecule has 0 spiro atoms. The van der Waals surface area contributed by atoms with Crippen molar-refractivity contribution in [1.82, 2.24) is 5.32 Å². The van der Waals surface area contributed by atoms with Gasteiger partial charge in [-0.3, -0.25) is 0 Å². The lowest BCUT2D eigenvalue weighted by atomic mass is 10.1. The smallest absolute Gasteiger partial charge is 0.161 e.